The topological polar surface area (TPSA) is 97.7 Å². The molecule has 7 nitrogen and oxygen atoms in total. The van der Waals surface area contributed by atoms with Crippen molar-refractivity contribution in [1.82, 2.24) is 10.3 Å². The van der Waals surface area contributed by atoms with Crippen molar-refractivity contribution in [3.8, 4) is 0 Å². The summed E-state index contributed by atoms with van der Waals surface area (Å²) in [4.78, 5) is 26.1. The second-order valence-corrected chi connectivity index (χ2v) is 5.53. The molecule has 0 saturated heterocycles. The molecule has 1 rings (SSSR count). The average Bonchev–Trinajstić information content (AvgIpc) is 2.37. The van der Waals surface area contributed by atoms with Crippen LogP contribution < -0.4 is 5.32 Å². The van der Waals surface area contributed by atoms with Crippen molar-refractivity contribution in [3.05, 3.63) is 23.9 Å². The van der Waals surface area contributed by atoms with Crippen LogP contribution in [0.25, 0.3) is 0 Å². The van der Waals surface area contributed by atoms with Crippen LogP contribution in [0.3, 0.4) is 0 Å². The van der Waals surface area contributed by atoms with Crippen molar-refractivity contribution in [2.45, 2.75) is 5.03 Å². The Morgan fingerprint density at radius 2 is 2.11 bits per heavy atom. The molecule has 8 heteroatoms. The molecule has 2 amide bonds. The number of aromatic nitrogens is 1. The van der Waals surface area contributed by atoms with Crippen molar-refractivity contribution in [3.63, 3.8) is 0 Å². The number of urea groups is 1. The van der Waals surface area contributed by atoms with Crippen molar-refractivity contribution in [2.24, 2.45) is 4.36 Å². The van der Waals surface area contributed by atoms with E-state index >= 15 is 0 Å². The molecule has 1 aromatic heterocycles. The lowest BCUT2D eigenvalue weighted by atomic mass is 10.3. The summed E-state index contributed by atoms with van der Waals surface area (Å²) in [5, 5.41) is 2.37. The molecule has 0 aliphatic heterocycles. The fraction of sp³-hybridized carbons (Fsp3) is 0.300. The number of carbonyl (C=O) groups excluding carboxylic acids is 2. The van der Waals surface area contributed by atoms with Gasteiger partial charge in [-0.1, -0.05) is 0 Å². The van der Waals surface area contributed by atoms with Gasteiger partial charge >= 0.3 is 12.0 Å². The van der Waals surface area contributed by atoms with E-state index in [1.54, 1.807) is 0 Å². The number of pyridine rings is 1. The molecule has 0 fully saturated rings. The van der Waals surface area contributed by atoms with Gasteiger partial charge in [0.15, 0.2) is 0 Å². The first-order valence-corrected chi connectivity index (χ1v) is 6.81. The molecular weight excluding hydrogens is 258 g/mol. The van der Waals surface area contributed by atoms with Crippen LogP contribution in [-0.2, 0) is 14.5 Å². The minimum absolute atomic E-state index is 0.124. The maximum atomic E-state index is 12.1. The van der Waals surface area contributed by atoms with E-state index in [2.05, 4.69) is 19.4 Å². The highest BCUT2D eigenvalue weighted by molar-refractivity contribution is 7.93. The number of ether oxygens (including phenoxy) is 1. The number of esters is 1. The van der Waals surface area contributed by atoms with Gasteiger partial charge in [-0.2, -0.15) is 0 Å². The molecule has 1 atom stereocenters. The summed E-state index contributed by atoms with van der Waals surface area (Å²) < 4.78 is 20.1. The van der Waals surface area contributed by atoms with Crippen molar-refractivity contribution in [1.29, 1.82) is 0 Å². The number of nitrogens with one attached hydrogen (secondary N) is 1. The third-order valence-electron chi connectivity index (χ3n) is 2.02. The van der Waals surface area contributed by atoms with Gasteiger partial charge in [-0.05, 0) is 12.1 Å². The second kappa shape index (κ2) is 5.58. The van der Waals surface area contributed by atoms with E-state index in [0.717, 1.165) is 0 Å². The first-order chi connectivity index (χ1) is 8.40. The van der Waals surface area contributed by atoms with Crippen LogP contribution in [0.15, 0.2) is 27.7 Å². The Bertz CT molecular complexity index is 573. The molecule has 0 unspecified atom stereocenters. The number of rotatable bonds is 2. The number of hydrogen-bond acceptors (Lipinski definition) is 5. The standard InChI is InChI=1S/C10H13N3O4S/c1-11-10(15)13-18(3,16)8-5-4-7(6-12-8)9(14)17-2/h4-6H,1-3H3,(H,11,15)/t18-/m0/s1. The summed E-state index contributed by atoms with van der Waals surface area (Å²) >= 11 is 0. The highest BCUT2D eigenvalue weighted by atomic mass is 32.2. The van der Waals surface area contributed by atoms with E-state index in [1.165, 1.54) is 38.7 Å². The van der Waals surface area contributed by atoms with Crippen LogP contribution >= 0.6 is 0 Å². The summed E-state index contributed by atoms with van der Waals surface area (Å²) in [6.07, 6.45) is 2.52. The van der Waals surface area contributed by atoms with E-state index < -0.39 is 21.7 Å². The summed E-state index contributed by atoms with van der Waals surface area (Å²) in [6.45, 7) is 0. The number of methoxy groups -OCH3 is 1. The molecule has 0 aliphatic rings. The third-order valence-corrected chi connectivity index (χ3v) is 3.55. The Balaban J connectivity index is 3.13. The lowest BCUT2D eigenvalue weighted by Crippen LogP contribution is -2.16. The first kappa shape index (κ1) is 14.1. The fourth-order valence-corrected chi connectivity index (χ4v) is 2.16. The molecule has 18 heavy (non-hydrogen) atoms. The lowest BCUT2D eigenvalue weighted by Gasteiger charge is -2.04. The molecule has 0 saturated carbocycles. The summed E-state index contributed by atoms with van der Waals surface area (Å²) in [5.41, 5.74) is 0.233. The predicted molar refractivity (Wildman–Crippen MR) is 64.8 cm³/mol. The van der Waals surface area contributed by atoms with E-state index in [9.17, 15) is 13.8 Å². The number of carbonyl (C=O) groups is 2. The third kappa shape index (κ3) is 3.27. The van der Waals surface area contributed by atoms with E-state index in [-0.39, 0.29) is 10.6 Å². The van der Waals surface area contributed by atoms with Crippen LogP contribution in [0, 0.1) is 0 Å². The van der Waals surface area contributed by atoms with Crippen LogP contribution in [0.4, 0.5) is 4.79 Å². The average molecular weight is 271 g/mol. The minimum atomic E-state index is -2.92. The van der Waals surface area contributed by atoms with E-state index in [4.69, 9.17) is 0 Å². The number of hydrogen-bond donors (Lipinski definition) is 1. The van der Waals surface area contributed by atoms with Gasteiger partial charge in [0.25, 0.3) is 0 Å². The van der Waals surface area contributed by atoms with Crippen molar-refractivity contribution >= 4 is 21.7 Å². The molecule has 1 heterocycles. The quantitative estimate of drug-likeness (QED) is 0.797. The van der Waals surface area contributed by atoms with E-state index in [0.29, 0.717) is 0 Å². The monoisotopic (exact) mass is 271 g/mol. The zero-order valence-electron chi connectivity index (χ0n) is 10.2. The smallest absolute Gasteiger partial charge is 0.349 e. The Morgan fingerprint density at radius 1 is 1.44 bits per heavy atom. The number of amides is 2. The summed E-state index contributed by atoms with van der Waals surface area (Å²) in [5.74, 6) is -0.542. The van der Waals surface area contributed by atoms with Crippen LogP contribution in [0.2, 0.25) is 0 Å². The highest BCUT2D eigenvalue weighted by Gasteiger charge is 2.12. The summed E-state index contributed by atoms with van der Waals surface area (Å²) in [7, 11) is -0.287. The predicted octanol–water partition coefficient (Wildman–Crippen LogP) is 0.664. The Kier molecular flexibility index (Phi) is 4.38. The van der Waals surface area contributed by atoms with Gasteiger partial charge in [0, 0.05) is 19.5 Å². The zero-order chi connectivity index (χ0) is 13.8. The van der Waals surface area contributed by atoms with E-state index in [1.807, 2.05) is 0 Å². The SMILES string of the molecule is CNC(=O)N=[S@@](C)(=O)c1ccc(C(=O)OC)cn1. The molecule has 98 valence electrons. The summed E-state index contributed by atoms with van der Waals surface area (Å²) in [6, 6.07) is 2.10. The van der Waals surface area contributed by atoms with Crippen LogP contribution in [-0.4, -0.2) is 41.6 Å². The van der Waals surface area contributed by atoms with Gasteiger partial charge in [-0.15, -0.1) is 4.36 Å². The second-order valence-electron chi connectivity index (χ2n) is 3.33. The number of nitrogens with zero attached hydrogens (tertiary/aromatic N) is 2. The maximum absolute atomic E-state index is 12.1. The largest absolute Gasteiger partial charge is 0.465 e. The van der Waals surface area contributed by atoms with Crippen LogP contribution in [0.1, 0.15) is 10.4 Å². The molecule has 1 aromatic rings. The van der Waals surface area contributed by atoms with Crippen molar-refractivity contribution < 1.29 is 18.5 Å². The van der Waals surface area contributed by atoms with Gasteiger partial charge < -0.3 is 10.1 Å². The molecule has 0 aliphatic carbocycles. The van der Waals surface area contributed by atoms with Gasteiger partial charge in [0.1, 0.15) is 5.03 Å². The Labute approximate surface area is 105 Å². The molecule has 0 bridgehead atoms. The van der Waals surface area contributed by atoms with Gasteiger partial charge in [-0.3, -0.25) is 0 Å². The molecule has 0 radical (unpaired) electrons. The van der Waals surface area contributed by atoms with Gasteiger partial charge in [0.2, 0.25) is 0 Å². The lowest BCUT2D eigenvalue weighted by molar-refractivity contribution is 0.0600. The molecular formula is C10H13N3O4S. The fourth-order valence-electron chi connectivity index (χ4n) is 1.09. The maximum Gasteiger partial charge on any atom is 0.349 e. The molecule has 0 aromatic carbocycles. The van der Waals surface area contributed by atoms with Gasteiger partial charge in [-0.25, -0.2) is 18.8 Å². The normalized spacial score (nSPS) is 13.3. The first-order valence-electron chi connectivity index (χ1n) is 4.89. The zero-order valence-corrected chi connectivity index (χ0v) is 11.0. The van der Waals surface area contributed by atoms with Gasteiger partial charge in [0.05, 0.1) is 22.4 Å². The molecule has 0 spiro atoms. The Hall–Kier alpha value is -1.96. The minimum Gasteiger partial charge on any atom is -0.465 e. The van der Waals surface area contributed by atoms with Crippen LogP contribution in [0.5, 0.6) is 0 Å². The Morgan fingerprint density at radius 3 is 2.56 bits per heavy atom. The molecule has 1 N–H and O–H groups in total. The van der Waals surface area contributed by atoms with Crippen molar-refractivity contribution in [2.75, 3.05) is 20.4 Å². The highest BCUT2D eigenvalue weighted by Crippen LogP contribution is 2.10.